The normalized spacial score (nSPS) is 18.2. The number of likely N-dealkylation sites (tertiary alicyclic amines) is 1. The minimum absolute atomic E-state index is 0.664. The topological polar surface area (TPSA) is 15.3 Å². The Morgan fingerprint density at radius 2 is 1.94 bits per heavy atom. The van der Waals surface area contributed by atoms with E-state index in [4.69, 9.17) is 0 Å². The Morgan fingerprint density at radius 3 is 2.67 bits per heavy atom. The molecule has 1 aromatic carbocycles. The van der Waals surface area contributed by atoms with Crippen molar-refractivity contribution in [2.75, 3.05) is 19.6 Å². The highest BCUT2D eigenvalue weighted by atomic mass is 15.2. The van der Waals surface area contributed by atoms with Gasteiger partial charge in [-0.3, -0.25) is 4.90 Å². The lowest BCUT2D eigenvalue weighted by molar-refractivity contribution is 0.251. The molecule has 2 heteroatoms. The van der Waals surface area contributed by atoms with Crippen LogP contribution < -0.4 is 5.32 Å². The van der Waals surface area contributed by atoms with E-state index in [1.807, 2.05) is 0 Å². The van der Waals surface area contributed by atoms with Crippen LogP contribution in [0.15, 0.2) is 18.2 Å². The van der Waals surface area contributed by atoms with Gasteiger partial charge >= 0.3 is 0 Å². The molecule has 0 radical (unpaired) electrons. The van der Waals surface area contributed by atoms with E-state index in [1.54, 1.807) is 0 Å². The van der Waals surface area contributed by atoms with Gasteiger partial charge in [0.2, 0.25) is 0 Å². The van der Waals surface area contributed by atoms with Gasteiger partial charge in [-0.25, -0.2) is 0 Å². The quantitative estimate of drug-likeness (QED) is 0.859. The van der Waals surface area contributed by atoms with Crippen LogP contribution in [-0.4, -0.2) is 30.6 Å². The standard InChI is InChI=1S/C16H26N2/c1-13-7-6-8-16(15(13)3)12-17-11-14(2)18-9-4-5-10-18/h6-8,14,17H,4-5,9-12H2,1-3H3. The number of benzene rings is 1. The fourth-order valence-electron chi connectivity index (χ4n) is 2.73. The van der Waals surface area contributed by atoms with Crippen molar-refractivity contribution in [3.63, 3.8) is 0 Å². The summed E-state index contributed by atoms with van der Waals surface area (Å²) in [6, 6.07) is 7.24. The third kappa shape index (κ3) is 3.33. The first-order valence-corrected chi connectivity index (χ1v) is 7.18. The molecule has 1 N–H and O–H groups in total. The van der Waals surface area contributed by atoms with Crippen LogP contribution in [0.4, 0.5) is 0 Å². The van der Waals surface area contributed by atoms with Crippen LogP contribution in [0, 0.1) is 13.8 Å². The maximum atomic E-state index is 3.60. The maximum Gasteiger partial charge on any atom is 0.0208 e. The second kappa shape index (κ2) is 6.35. The molecule has 1 saturated heterocycles. The van der Waals surface area contributed by atoms with Crippen LogP contribution in [-0.2, 0) is 6.54 Å². The lowest BCUT2D eigenvalue weighted by atomic mass is 10.0. The van der Waals surface area contributed by atoms with Gasteiger partial charge in [-0.1, -0.05) is 18.2 Å². The smallest absolute Gasteiger partial charge is 0.0208 e. The minimum Gasteiger partial charge on any atom is -0.311 e. The van der Waals surface area contributed by atoms with Gasteiger partial charge in [0.25, 0.3) is 0 Å². The zero-order valence-corrected chi connectivity index (χ0v) is 12.0. The molecule has 0 aliphatic carbocycles. The molecule has 1 aromatic rings. The van der Waals surface area contributed by atoms with Gasteiger partial charge in [-0.2, -0.15) is 0 Å². The molecule has 1 aliphatic heterocycles. The van der Waals surface area contributed by atoms with E-state index in [-0.39, 0.29) is 0 Å². The Kier molecular flexibility index (Phi) is 4.79. The molecule has 100 valence electrons. The van der Waals surface area contributed by atoms with E-state index in [9.17, 15) is 0 Å². The van der Waals surface area contributed by atoms with Crippen LogP contribution in [0.25, 0.3) is 0 Å². The van der Waals surface area contributed by atoms with Gasteiger partial charge in [0, 0.05) is 19.1 Å². The van der Waals surface area contributed by atoms with Gasteiger partial charge in [0.15, 0.2) is 0 Å². The average molecular weight is 246 g/mol. The van der Waals surface area contributed by atoms with E-state index in [0.717, 1.165) is 13.1 Å². The first kappa shape index (κ1) is 13.6. The fraction of sp³-hybridized carbons (Fsp3) is 0.625. The van der Waals surface area contributed by atoms with Crippen LogP contribution in [0.5, 0.6) is 0 Å². The average Bonchev–Trinajstić information content (AvgIpc) is 2.88. The zero-order chi connectivity index (χ0) is 13.0. The number of rotatable bonds is 5. The molecule has 1 unspecified atom stereocenters. The monoisotopic (exact) mass is 246 g/mol. The minimum atomic E-state index is 0.664. The Bertz CT molecular complexity index is 381. The molecular formula is C16H26N2. The molecule has 2 nitrogen and oxygen atoms in total. The zero-order valence-electron chi connectivity index (χ0n) is 12.0. The van der Waals surface area contributed by atoms with Gasteiger partial charge in [0.1, 0.15) is 0 Å². The fourth-order valence-corrected chi connectivity index (χ4v) is 2.73. The number of aryl methyl sites for hydroxylation is 1. The molecule has 0 bridgehead atoms. The molecular weight excluding hydrogens is 220 g/mol. The Hall–Kier alpha value is -0.860. The van der Waals surface area contributed by atoms with Gasteiger partial charge < -0.3 is 5.32 Å². The second-order valence-electron chi connectivity index (χ2n) is 5.58. The molecule has 1 heterocycles. The van der Waals surface area contributed by atoms with E-state index >= 15 is 0 Å². The molecule has 1 atom stereocenters. The first-order chi connectivity index (χ1) is 8.68. The highest BCUT2D eigenvalue weighted by Gasteiger charge is 2.17. The van der Waals surface area contributed by atoms with E-state index < -0.39 is 0 Å². The van der Waals surface area contributed by atoms with Crippen LogP contribution in [0.2, 0.25) is 0 Å². The molecule has 1 aliphatic rings. The van der Waals surface area contributed by atoms with Crippen molar-refractivity contribution in [2.24, 2.45) is 0 Å². The number of nitrogens with zero attached hydrogens (tertiary/aromatic N) is 1. The molecule has 0 amide bonds. The summed E-state index contributed by atoms with van der Waals surface area (Å²) in [4.78, 5) is 2.59. The number of nitrogens with one attached hydrogen (secondary N) is 1. The summed E-state index contributed by atoms with van der Waals surface area (Å²) < 4.78 is 0. The first-order valence-electron chi connectivity index (χ1n) is 7.18. The lowest BCUT2D eigenvalue weighted by Crippen LogP contribution is -2.38. The molecule has 0 saturated carbocycles. The predicted molar refractivity (Wildman–Crippen MR) is 77.9 cm³/mol. The SMILES string of the molecule is Cc1cccc(CNCC(C)N2CCCC2)c1C. The Labute approximate surface area is 111 Å². The van der Waals surface area contributed by atoms with Crippen molar-refractivity contribution >= 4 is 0 Å². The molecule has 2 rings (SSSR count). The highest BCUT2D eigenvalue weighted by molar-refractivity contribution is 5.32. The van der Waals surface area contributed by atoms with Crippen LogP contribution >= 0.6 is 0 Å². The summed E-state index contributed by atoms with van der Waals surface area (Å²) >= 11 is 0. The van der Waals surface area contributed by atoms with E-state index in [2.05, 4.69) is 49.2 Å². The van der Waals surface area contributed by atoms with Crippen molar-refractivity contribution in [3.8, 4) is 0 Å². The largest absolute Gasteiger partial charge is 0.311 e. The van der Waals surface area contributed by atoms with E-state index in [1.165, 1.54) is 42.6 Å². The summed E-state index contributed by atoms with van der Waals surface area (Å²) in [7, 11) is 0. The third-order valence-electron chi connectivity index (χ3n) is 4.24. The van der Waals surface area contributed by atoms with Crippen LogP contribution in [0.3, 0.4) is 0 Å². The molecule has 0 spiro atoms. The number of hydrogen-bond acceptors (Lipinski definition) is 2. The number of hydrogen-bond donors (Lipinski definition) is 1. The summed E-state index contributed by atoms with van der Waals surface area (Å²) in [6.45, 7) is 11.4. The van der Waals surface area contributed by atoms with Crippen molar-refractivity contribution in [2.45, 2.75) is 46.2 Å². The lowest BCUT2D eigenvalue weighted by Gasteiger charge is -2.24. The molecule has 0 aromatic heterocycles. The van der Waals surface area contributed by atoms with Crippen LogP contribution in [0.1, 0.15) is 36.5 Å². The van der Waals surface area contributed by atoms with Crippen molar-refractivity contribution < 1.29 is 0 Å². The third-order valence-corrected chi connectivity index (χ3v) is 4.24. The molecule has 1 fully saturated rings. The van der Waals surface area contributed by atoms with Gasteiger partial charge in [-0.05, 0) is 63.4 Å². The summed E-state index contributed by atoms with van der Waals surface area (Å²) in [5.41, 5.74) is 4.25. The summed E-state index contributed by atoms with van der Waals surface area (Å²) in [5.74, 6) is 0. The van der Waals surface area contributed by atoms with Crippen molar-refractivity contribution in [3.05, 3.63) is 34.9 Å². The second-order valence-corrected chi connectivity index (χ2v) is 5.58. The summed E-state index contributed by atoms with van der Waals surface area (Å²) in [5, 5.41) is 3.60. The van der Waals surface area contributed by atoms with Gasteiger partial charge in [-0.15, -0.1) is 0 Å². The van der Waals surface area contributed by atoms with Crippen molar-refractivity contribution in [1.82, 2.24) is 10.2 Å². The summed E-state index contributed by atoms with van der Waals surface area (Å²) in [6.07, 6.45) is 2.75. The highest BCUT2D eigenvalue weighted by Crippen LogP contribution is 2.13. The predicted octanol–water partition coefficient (Wildman–Crippen LogP) is 2.88. The molecule has 18 heavy (non-hydrogen) atoms. The Balaban J connectivity index is 1.79. The van der Waals surface area contributed by atoms with Gasteiger partial charge in [0.05, 0.1) is 0 Å². The van der Waals surface area contributed by atoms with E-state index in [0.29, 0.717) is 6.04 Å². The maximum absolute atomic E-state index is 3.60. The Morgan fingerprint density at radius 1 is 1.22 bits per heavy atom. The van der Waals surface area contributed by atoms with Crippen molar-refractivity contribution in [1.29, 1.82) is 0 Å².